The molecule has 0 aliphatic rings. The highest BCUT2D eigenvalue weighted by atomic mass is 16.4. The van der Waals surface area contributed by atoms with Gasteiger partial charge in [-0.05, 0) is 19.5 Å². The van der Waals surface area contributed by atoms with E-state index in [1.165, 1.54) is 5.56 Å². The molecule has 0 aliphatic carbocycles. The number of carboxylic acids is 1. The van der Waals surface area contributed by atoms with Crippen molar-refractivity contribution in [2.45, 2.75) is 19.5 Å². The van der Waals surface area contributed by atoms with Crippen LogP contribution in [0.1, 0.15) is 12.5 Å². The fourth-order valence-corrected chi connectivity index (χ4v) is 1.53. The van der Waals surface area contributed by atoms with E-state index >= 15 is 0 Å². The summed E-state index contributed by atoms with van der Waals surface area (Å²) in [7, 11) is 2.03. The first-order valence-electron chi connectivity index (χ1n) is 5.78. The largest absolute Gasteiger partial charge is 0.480 e. The number of carbonyl (C=O) groups is 1. The first kappa shape index (κ1) is 13.7. The third kappa shape index (κ3) is 5.47. The molecule has 94 valence electrons. The monoisotopic (exact) mass is 236 g/mol. The topological polar surface area (TPSA) is 52.6 Å². The van der Waals surface area contributed by atoms with Gasteiger partial charge in [-0.2, -0.15) is 0 Å². The third-order valence-electron chi connectivity index (χ3n) is 2.61. The summed E-state index contributed by atoms with van der Waals surface area (Å²) in [5, 5.41) is 11.7. The second kappa shape index (κ2) is 7.04. The minimum atomic E-state index is -0.810. The summed E-state index contributed by atoms with van der Waals surface area (Å²) in [6, 6.07) is 9.73. The molecule has 1 aromatic rings. The van der Waals surface area contributed by atoms with E-state index in [2.05, 4.69) is 22.3 Å². The Morgan fingerprint density at radius 1 is 1.41 bits per heavy atom. The van der Waals surface area contributed by atoms with Crippen molar-refractivity contribution in [2.24, 2.45) is 0 Å². The zero-order chi connectivity index (χ0) is 12.7. The number of nitrogens with zero attached hydrogens (tertiary/aromatic N) is 1. The molecule has 0 spiro atoms. The van der Waals surface area contributed by atoms with Gasteiger partial charge in [0.2, 0.25) is 0 Å². The summed E-state index contributed by atoms with van der Waals surface area (Å²) >= 11 is 0. The van der Waals surface area contributed by atoms with Crippen LogP contribution in [0, 0.1) is 0 Å². The molecule has 0 radical (unpaired) electrons. The Balaban J connectivity index is 2.22. The number of benzene rings is 1. The number of rotatable bonds is 7. The molecule has 0 bridgehead atoms. The number of likely N-dealkylation sites (N-methyl/N-ethyl adjacent to an activating group) is 1. The van der Waals surface area contributed by atoms with Crippen molar-refractivity contribution in [3.63, 3.8) is 0 Å². The lowest BCUT2D eigenvalue weighted by molar-refractivity contribution is -0.139. The van der Waals surface area contributed by atoms with Crippen LogP contribution in [0.2, 0.25) is 0 Å². The van der Waals surface area contributed by atoms with Crippen molar-refractivity contribution in [3.8, 4) is 0 Å². The van der Waals surface area contributed by atoms with Crippen molar-refractivity contribution in [3.05, 3.63) is 35.9 Å². The van der Waals surface area contributed by atoms with E-state index in [9.17, 15) is 4.79 Å². The first-order chi connectivity index (χ1) is 8.09. The molecule has 1 atom stereocenters. The van der Waals surface area contributed by atoms with Crippen LogP contribution in [0.3, 0.4) is 0 Å². The molecule has 1 aromatic carbocycles. The number of nitrogens with one attached hydrogen (secondary N) is 1. The van der Waals surface area contributed by atoms with E-state index in [1.807, 2.05) is 25.2 Å². The van der Waals surface area contributed by atoms with E-state index in [-0.39, 0.29) is 0 Å². The van der Waals surface area contributed by atoms with Crippen molar-refractivity contribution in [2.75, 3.05) is 20.1 Å². The van der Waals surface area contributed by atoms with Gasteiger partial charge in [-0.3, -0.25) is 4.79 Å². The standard InChI is InChI=1S/C13H20N2O2/c1-11(13(16)17)14-8-9-15(2)10-12-6-4-3-5-7-12/h3-7,11,14H,8-10H2,1-2H3,(H,16,17). The second-order valence-corrected chi connectivity index (χ2v) is 4.24. The van der Waals surface area contributed by atoms with Gasteiger partial charge < -0.3 is 15.3 Å². The predicted molar refractivity (Wildman–Crippen MR) is 67.9 cm³/mol. The molecular weight excluding hydrogens is 216 g/mol. The lowest BCUT2D eigenvalue weighted by Gasteiger charge is -2.18. The quantitative estimate of drug-likeness (QED) is 0.746. The van der Waals surface area contributed by atoms with Crippen molar-refractivity contribution in [1.82, 2.24) is 10.2 Å². The average Bonchev–Trinajstić information content (AvgIpc) is 2.30. The van der Waals surface area contributed by atoms with Gasteiger partial charge in [-0.1, -0.05) is 30.3 Å². The van der Waals surface area contributed by atoms with E-state index in [4.69, 9.17) is 5.11 Å². The molecule has 0 amide bonds. The van der Waals surface area contributed by atoms with Crippen LogP contribution in [0.5, 0.6) is 0 Å². The van der Waals surface area contributed by atoms with E-state index in [1.54, 1.807) is 6.92 Å². The summed E-state index contributed by atoms with van der Waals surface area (Å²) in [5.41, 5.74) is 1.27. The molecule has 0 saturated carbocycles. The molecular formula is C13H20N2O2. The number of hydrogen-bond donors (Lipinski definition) is 2. The molecule has 0 fully saturated rings. The van der Waals surface area contributed by atoms with E-state index in [0.29, 0.717) is 6.54 Å². The minimum absolute atomic E-state index is 0.486. The van der Waals surface area contributed by atoms with Crippen molar-refractivity contribution in [1.29, 1.82) is 0 Å². The van der Waals surface area contributed by atoms with Gasteiger partial charge >= 0.3 is 5.97 Å². The molecule has 4 heteroatoms. The van der Waals surface area contributed by atoms with Crippen LogP contribution in [0.25, 0.3) is 0 Å². The number of aliphatic carboxylic acids is 1. The van der Waals surface area contributed by atoms with Crippen LogP contribution in [0.15, 0.2) is 30.3 Å². The Kier molecular flexibility index (Phi) is 5.66. The molecule has 1 unspecified atom stereocenters. The van der Waals surface area contributed by atoms with Crippen LogP contribution in [-0.4, -0.2) is 42.2 Å². The van der Waals surface area contributed by atoms with Crippen molar-refractivity contribution >= 4 is 5.97 Å². The Hall–Kier alpha value is -1.39. The van der Waals surface area contributed by atoms with Gasteiger partial charge in [0.25, 0.3) is 0 Å². The fourth-order valence-electron chi connectivity index (χ4n) is 1.53. The number of carboxylic acid groups (broad SMARTS) is 1. The highest BCUT2D eigenvalue weighted by Crippen LogP contribution is 2.01. The SMILES string of the molecule is CC(NCCN(C)Cc1ccccc1)C(=O)O. The Labute approximate surface area is 102 Å². The molecule has 0 saturated heterocycles. The van der Waals surface area contributed by atoms with Crippen LogP contribution in [-0.2, 0) is 11.3 Å². The summed E-state index contributed by atoms with van der Waals surface area (Å²) in [6.45, 7) is 4.03. The summed E-state index contributed by atoms with van der Waals surface area (Å²) in [4.78, 5) is 12.8. The van der Waals surface area contributed by atoms with Crippen LogP contribution >= 0.6 is 0 Å². The van der Waals surface area contributed by atoms with Crippen molar-refractivity contribution < 1.29 is 9.90 Å². The molecule has 1 rings (SSSR count). The highest BCUT2D eigenvalue weighted by molar-refractivity contribution is 5.72. The number of hydrogen-bond acceptors (Lipinski definition) is 3. The van der Waals surface area contributed by atoms with Gasteiger partial charge in [0, 0.05) is 19.6 Å². The molecule has 0 aliphatic heterocycles. The lowest BCUT2D eigenvalue weighted by atomic mass is 10.2. The minimum Gasteiger partial charge on any atom is -0.480 e. The van der Waals surface area contributed by atoms with Gasteiger partial charge in [0.15, 0.2) is 0 Å². The molecule has 2 N–H and O–H groups in total. The third-order valence-corrected chi connectivity index (χ3v) is 2.61. The van der Waals surface area contributed by atoms with Gasteiger partial charge in [-0.25, -0.2) is 0 Å². The molecule has 17 heavy (non-hydrogen) atoms. The van der Waals surface area contributed by atoms with Gasteiger partial charge in [0.1, 0.15) is 6.04 Å². The summed E-state index contributed by atoms with van der Waals surface area (Å²) in [6.07, 6.45) is 0. The zero-order valence-corrected chi connectivity index (χ0v) is 10.4. The van der Waals surface area contributed by atoms with E-state index in [0.717, 1.165) is 13.1 Å². The maximum Gasteiger partial charge on any atom is 0.320 e. The second-order valence-electron chi connectivity index (χ2n) is 4.24. The maximum atomic E-state index is 10.6. The lowest BCUT2D eigenvalue weighted by Crippen LogP contribution is -2.38. The van der Waals surface area contributed by atoms with Gasteiger partial charge in [0.05, 0.1) is 0 Å². The van der Waals surface area contributed by atoms with Crippen LogP contribution < -0.4 is 5.32 Å². The summed E-state index contributed by atoms with van der Waals surface area (Å²) < 4.78 is 0. The predicted octanol–water partition coefficient (Wildman–Crippen LogP) is 1.18. The Morgan fingerprint density at radius 3 is 2.65 bits per heavy atom. The molecule has 0 aromatic heterocycles. The molecule has 4 nitrogen and oxygen atoms in total. The zero-order valence-electron chi connectivity index (χ0n) is 10.4. The Bertz CT molecular complexity index is 341. The van der Waals surface area contributed by atoms with Gasteiger partial charge in [-0.15, -0.1) is 0 Å². The Morgan fingerprint density at radius 2 is 2.06 bits per heavy atom. The first-order valence-corrected chi connectivity index (χ1v) is 5.78. The average molecular weight is 236 g/mol. The summed E-state index contributed by atoms with van der Waals surface area (Å²) in [5.74, 6) is -0.810. The smallest absolute Gasteiger partial charge is 0.320 e. The maximum absolute atomic E-state index is 10.6. The fraction of sp³-hybridized carbons (Fsp3) is 0.462. The van der Waals surface area contributed by atoms with Crippen LogP contribution in [0.4, 0.5) is 0 Å². The highest BCUT2D eigenvalue weighted by Gasteiger charge is 2.09. The normalized spacial score (nSPS) is 12.6. The molecule has 0 heterocycles. The van der Waals surface area contributed by atoms with E-state index < -0.39 is 12.0 Å².